The maximum absolute atomic E-state index is 10.6. The monoisotopic (exact) mass is 160 g/mol. The third-order valence-electron chi connectivity index (χ3n) is 1.47. The fourth-order valence-electron chi connectivity index (χ4n) is 0.888. The summed E-state index contributed by atoms with van der Waals surface area (Å²) in [5.41, 5.74) is 0. The van der Waals surface area contributed by atoms with Crippen LogP contribution in [0.15, 0.2) is 0 Å². The Balaban J connectivity index is 4.01. The van der Waals surface area contributed by atoms with Crippen LogP contribution in [-0.2, 0) is 4.79 Å². The van der Waals surface area contributed by atoms with Crippen molar-refractivity contribution in [2.45, 2.75) is 26.3 Å². The second kappa shape index (κ2) is 4.31. The van der Waals surface area contributed by atoms with E-state index >= 15 is 0 Å². The number of hydrazine groups is 1. The van der Waals surface area contributed by atoms with E-state index in [1.54, 1.807) is 7.05 Å². The summed E-state index contributed by atoms with van der Waals surface area (Å²) in [4.78, 5) is 10.6. The van der Waals surface area contributed by atoms with E-state index in [4.69, 9.17) is 10.9 Å². The predicted molar refractivity (Wildman–Crippen MR) is 42.8 cm³/mol. The molecule has 4 nitrogen and oxygen atoms in total. The molecule has 4 heteroatoms. The van der Waals surface area contributed by atoms with Crippen LogP contribution in [0.4, 0.5) is 0 Å². The average Bonchev–Trinajstić information content (AvgIpc) is 1.81. The van der Waals surface area contributed by atoms with Crippen molar-refractivity contribution in [3.63, 3.8) is 0 Å². The van der Waals surface area contributed by atoms with Crippen molar-refractivity contribution in [2.24, 2.45) is 11.8 Å². The number of rotatable bonds is 4. The first-order chi connectivity index (χ1) is 4.95. The number of carbonyl (C=O) groups is 1. The maximum atomic E-state index is 10.6. The van der Waals surface area contributed by atoms with Crippen LogP contribution in [0, 0.1) is 5.92 Å². The van der Waals surface area contributed by atoms with Gasteiger partial charge in [-0.25, -0.2) is 5.01 Å². The zero-order chi connectivity index (χ0) is 9.02. The Morgan fingerprint density at radius 1 is 1.64 bits per heavy atom. The van der Waals surface area contributed by atoms with Gasteiger partial charge >= 0.3 is 5.97 Å². The van der Waals surface area contributed by atoms with E-state index in [9.17, 15) is 4.79 Å². The molecule has 0 unspecified atom stereocenters. The van der Waals surface area contributed by atoms with Gasteiger partial charge in [0.05, 0.1) is 0 Å². The smallest absolute Gasteiger partial charge is 0.322 e. The summed E-state index contributed by atoms with van der Waals surface area (Å²) in [6.45, 7) is 3.94. The molecule has 0 heterocycles. The molecule has 1 atom stereocenters. The molecule has 0 aliphatic rings. The number of nitrogens with two attached hydrogens (primary N) is 1. The number of aliphatic carboxylic acids is 1. The lowest BCUT2D eigenvalue weighted by Gasteiger charge is -2.20. The van der Waals surface area contributed by atoms with Gasteiger partial charge in [0.25, 0.3) is 0 Å². The number of hydrogen-bond acceptors (Lipinski definition) is 3. The van der Waals surface area contributed by atoms with Crippen molar-refractivity contribution in [3.8, 4) is 0 Å². The summed E-state index contributed by atoms with van der Waals surface area (Å²) in [6.07, 6.45) is 0.586. The topological polar surface area (TPSA) is 66.6 Å². The van der Waals surface area contributed by atoms with E-state index in [1.165, 1.54) is 5.01 Å². The largest absolute Gasteiger partial charge is 0.480 e. The van der Waals surface area contributed by atoms with Gasteiger partial charge in [-0.2, -0.15) is 0 Å². The molecule has 0 saturated carbocycles. The maximum Gasteiger partial charge on any atom is 0.322 e. The number of likely N-dealkylation sites (N-methyl/N-ethyl adjacent to an activating group) is 1. The first kappa shape index (κ1) is 10.4. The Kier molecular flexibility index (Phi) is 4.07. The van der Waals surface area contributed by atoms with Gasteiger partial charge in [0.1, 0.15) is 6.04 Å². The lowest BCUT2D eigenvalue weighted by Crippen LogP contribution is -2.43. The van der Waals surface area contributed by atoms with E-state index in [-0.39, 0.29) is 0 Å². The molecule has 11 heavy (non-hydrogen) atoms. The standard InChI is InChI=1S/C7H16N2O2/c1-5(2)4-6(7(10)11)9(3)8/h5-6H,4,8H2,1-3H3,(H,10,11)/t6-/m0/s1. The fourth-order valence-corrected chi connectivity index (χ4v) is 0.888. The van der Waals surface area contributed by atoms with Crippen LogP contribution >= 0.6 is 0 Å². The second-order valence-corrected chi connectivity index (χ2v) is 3.15. The van der Waals surface area contributed by atoms with Crippen molar-refractivity contribution in [2.75, 3.05) is 7.05 Å². The summed E-state index contributed by atoms with van der Waals surface area (Å²) in [5.74, 6) is 4.83. The summed E-state index contributed by atoms with van der Waals surface area (Å²) in [6, 6.07) is -0.560. The molecule has 0 spiro atoms. The van der Waals surface area contributed by atoms with Crippen LogP contribution in [0.2, 0.25) is 0 Å². The molecule has 0 aromatic rings. The third kappa shape index (κ3) is 3.95. The molecule has 0 bridgehead atoms. The highest BCUT2D eigenvalue weighted by molar-refractivity contribution is 5.73. The van der Waals surface area contributed by atoms with Crippen LogP contribution < -0.4 is 5.84 Å². The first-order valence-electron chi connectivity index (χ1n) is 3.65. The lowest BCUT2D eigenvalue weighted by atomic mass is 10.0. The highest BCUT2D eigenvalue weighted by atomic mass is 16.4. The van der Waals surface area contributed by atoms with Gasteiger partial charge in [-0.1, -0.05) is 13.8 Å². The zero-order valence-electron chi connectivity index (χ0n) is 7.24. The number of nitrogens with zero attached hydrogens (tertiary/aromatic N) is 1. The molecule has 0 rings (SSSR count). The Morgan fingerprint density at radius 3 is 2.18 bits per heavy atom. The number of carboxylic acid groups (broad SMARTS) is 1. The molecule has 0 aliphatic heterocycles. The molecular formula is C7H16N2O2. The van der Waals surface area contributed by atoms with Crippen LogP contribution in [0.1, 0.15) is 20.3 Å². The van der Waals surface area contributed by atoms with Crippen molar-refractivity contribution >= 4 is 5.97 Å². The van der Waals surface area contributed by atoms with Crippen molar-refractivity contribution in [1.82, 2.24) is 5.01 Å². The van der Waals surface area contributed by atoms with Gasteiger partial charge in [0.15, 0.2) is 0 Å². The lowest BCUT2D eigenvalue weighted by molar-refractivity contribution is -0.143. The van der Waals surface area contributed by atoms with Gasteiger partial charge in [0.2, 0.25) is 0 Å². The van der Waals surface area contributed by atoms with E-state index in [2.05, 4.69) is 0 Å². The molecule has 0 radical (unpaired) electrons. The van der Waals surface area contributed by atoms with Crippen LogP contribution in [0.25, 0.3) is 0 Å². The van der Waals surface area contributed by atoms with Gasteiger partial charge in [-0.15, -0.1) is 0 Å². The second-order valence-electron chi connectivity index (χ2n) is 3.15. The molecule has 0 amide bonds. The molecule has 0 saturated heterocycles. The van der Waals surface area contributed by atoms with Crippen LogP contribution in [0.5, 0.6) is 0 Å². The van der Waals surface area contributed by atoms with E-state index in [1.807, 2.05) is 13.8 Å². The van der Waals surface area contributed by atoms with E-state index < -0.39 is 12.0 Å². The van der Waals surface area contributed by atoms with Crippen LogP contribution in [-0.4, -0.2) is 29.2 Å². The minimum Gasteiger partial charge on any atom is -0.480 e. The van der Waals surface area contributed by atoms with Crippen molar-refractivity contribution < 1.29 is 9.90 Å². The number of hydrogen-bond donors (Lipinski definition) is 2. The third-order valence-corrected chi connectivity index (χ3v) is 1.47. The Labute approximate surface area is 67.0 Å². The van der Waals surface area contributed by atoms with E-state index in [0.29, 0.717) is 12.3 Å². The minimum absolute atomic E-state index is 0.349. The Bertz CT molecular complexity index is 134. The molecular weight excluding hydrogens is 144 g/mol. The summed E-state index contributed by atoms with van der Waals surface area (Å²) in [5, 5.41) is 9.91. The highest BCUT2D eigenvalue weighted by Gasteiger charge is 2.20. The molecule has 0 aliphatic carbocycles. The van der Waals surface area contributed by atoms with Gasteiger partial charge in [-0.3, -0.25) is 10.6 Å². The SMILES string of the molecule is CC(C)C[C@@H](C(=O)O)N(C)N. The van der Waals surface area contributed by atoms with Gasteiger partial charge in [0, 0.05) is 7.05 Å². The van der Waals surface area contributed by atoms with E-state index in [0.717, 1.165) is 0 Å². The molecule has 0 aromatic carbocycles. The average molecular weight is 160 g/mol. The van der Waals surface area contributed by atoms with Gasteiger partial charge < -0.3 is 5.11 Å². The Hall–Kier alpha value is -0.610. The minimum atomic E-state index is -0.858. The number of carboxylic acids is 1. The quantitative estimate of drug-likeness (QED) is 0.458. The summed E-state index contributed by atoms with van der Waals surface area (Å²) >= 11 is 0. The van der Waals surface area contributed by atoms with Crippen LogP contribution in [0.3, 0.4) is 0 Å². The normalized spacial score (nSPS) is 14.0. The molecule has 0 aromatic heterocycles. The predicted octanol–water partition coefficient (Wildman–Crippen LogP) is 0.291. The van der Waals surface area contributed by atoms with Gasteiger partial charge in [-0.05, 0) is 12.3 Å². The zero-order valence-corrected chi connectivity index (χ0v) is 7.24. The Morgan fingerprint density at radius 2 is 2.09 bits per heavy atom. The van der Waals surface area contributed by atoms with Crippen molar-refractivity contribution in [1.29, 1.82) is 0 Å². The molecule has 3 N–H and O–H groups in total. The molecule has 66 valence electrons. The highest BCUT2D eigenvalue weighted by Crippen LogP contribution is 2.07. The summed E-state index contributed by atoms with van der Waals surface area (Å²) < 4.78 is 0. The summed E-state index contributed by atoms with van der Waals surface area (Å²) in [7, 11) is 1.57. The first-order valence-corrected chi connectivity index (χ1v) is 3.65. The van der Waals surface area contributed by atoms with Crippen molar-refractivity contribution in [3.05, 3.63) is 0 Å². The fraction of sp³-hybridized carbons (Fsp3) is 0.857. The molecule has 0 fully saturated rings.